The van der Waals surface area contributed by atoms with Gasteiger partial charge in [-0.1, -0.05) is 30.3 Å². The molecule has 0 saturated heterocycles. The van der Waals surface area contributed by atoms with Crippen LogP contribution in [0.4, 0.5) is 4.79 Å². The molecular formula is C20H29NO5Si. The van der Waals surface area contributed by atoms with Crippen LogP contribution in [0, 0.1) is 0 Å². The van der Waals surface area contributed by atoms with Crippen molar-refractivity contribution in [3.8, 4) is 5.75 Å². The van der Waals surface area contributed by atoms with Crippen LogP contribution in [-0.4, -0.2) is 41.3 Å². The molecule has 0 aromatic heterocycles. The summed E-state index contributed by atoms with van der Waals surface area (Å²) in [5.41, 5.74) is 0. The molecule has 7 heteroatoms. The minimum Gasteiger partial charge on any atom is -0.410 e. The van der Waals surface area contributed by atoms with Crippen molar-refractivity contribution < 1.29 is 22.8 Å². The highest BCUT2D eigenvalue weighted by atomic mass is 28.4. The lowest BCUT2D eigenvalue weighted by Gasteiger charge is -2.28. The molecule has 0 aliphatic carbocycles. The van der Waals surface area contributed by atoms with Gasteiger partial charge in [0.1, 0.15) is 5.75 Å². The van der Waals surface area contributed by atoms with Gasteiger partial charge in [0, 0.05) is 32.4 Å². The summed E-state index contributed by atoms with van der Waals surface area (Å²) >= 11 is 0. The number of ether oxygens (including phenoxy) is 1. The molecule has 1 amide bonds. The third kappa shape index (κ3) is 6.62. The molecule has 0 saturated carbocycles. The van der Waals surface area contributed by atoms with Crippen molar-refractivity contribution in [2.24, 2.45) is 0 Å². The fourth-order valence-electron chi connectivity index (χ4n) is 2.87. The Morgan fingerprint density at radius 1 is 0.926 bits per heavy atom. The minimum absolute atomic E-state index is 0.467. The van der Waals surface area contributed by atoms with E-state index in [1.807, 2.05) is 57.2 Å². The highest BCUT2D eigenvalue weighted by Crippen LogP contribution is 2.21. The predicted octanol–water partition coefficient (Wildman–Crippen LogP) is 4.37. The fourth-order valence-corrected chi connectivity index (χ4v) is 5.48. The van der Waals surface area contributed by atoms with Gasteiger partial charge in [0.05, 0.1) is 0 Å². The lowest BCUT2D eigenvalue weighted by Crippen LogP contribution is -2.46. The van der Waals surface area contributed by atoms with Crippen molar-refractivity contribution in [2.75, 3.05) is 26.4 Å². The Morgan fingerprint density at radius 3 is 2.19 bits per heavy atom. The van der Waals surface area contributed by atoms with Gasteiger partial charge in [0.25, 0.3) is 0 Å². The Morgan fingerprint density at radius 2 is 1.56 bits per heavy atom. The van der Waals surface area contributed by atoms with Crippen LogP contribution < -0.4 is 10.1 Å². The summed E-state index contributed by atoms with van der Waals surface area (Å²) in [5, 5.41) is 4.91. The quantitative estimate of drug-likeness (QED) is 0.455. The maximum absolute atomic E-state index is 12.0. The lowest BCUT2D eigenvalue weighted by atomic mass is 10.1. The summed E-state index contributed by atoms with van der Waals surface area (Å²) in [6, 6.07) is 14.2. The van der Waals surface area contributed by atoms with E-state index in [4.69, 9.17) is 18.0 Å². The third-order valence-electron chi connectivity index (χ3n) is 3.95. The van der Waals surface area contributed by atoms with E-state index >= 15 is 0 Å². The number of fused-ring (bicyclic) bond motifs is 1. The van der Waals surface area contributed by atoms with Crippen molar-refractivity contribution in [3.05, 3.63) is 42.5 Å². The van der Waals surface area contributed by atoms with E-state index in [2.05, 4.69) is 5.32 Å². The number of amides is 1. The number of carbonyl (C=O) groups excluding carboxylic acids is 1. The maximum Gasteiger partial charge on any atom is 0.500 e. The van der Waals surface area contributed by atoms with Crippen LogP contribution in [0.3, 0.4) is 0 Å². The first-order chi connectivity index (χ1) is 13.1. The van der Waals surface area contributed by atoms with E-state index in [0.717, 1.165) is 10.8 Å². The van der Waals surface area contributed by atoms with Crippen molar-refractivity contribution in [1.82, 2.24) is 5.32 Å². The van der Waals surface area contributed by atoms with E-state index < -0.39 is 14.9 Å². The summed E-state index contributed by atoms with van der Waals surface area (Å²) in [7, 11) is -2.66. The van der Waals surface area contributed by atoms with Crippen LogP contribution in [0.2, 0.25) is 6.04 Å². The number of benzene rings is 2. The number of hydrogen-bond donors (Lipinski definition) is 1. The smallest absolute Gasteiger partial charge is 0.410 e. The summed E-state index contributed by atoms with van der Waals surface area (Å²) in [6.07, 6.45) is 0.223. The van der Waals surface area contributed by atoms with Crippen molar-refractivity contribution in [3.63, 3.8) is 0 Å². The second-order valence-electron chi connectivity index (χ2n) is 5.91. The average Bonchev–Trinajstić information content (AvgIpc) is 2.66. The molecule has 0 aliphatic rings. The monoisotopic (exact) mass is 391 g/mol. The second kappa shape index (κ2) is 11.0. The molecule has 148 valence electrons. The molecule has 27 heavy (non-hydrogen) atoms. The van der Waals surface area contributed by atoms with Crippen LogP contribution in [-0.2, 0) is 13.3 Å². The van der Waals surface area contributed by atoms with Crippen LogP contribution in [0.5, 0.6) is 5.75 Å². The van der Waals surface area contributed by atoms with Gasteiger partial charge in [-0.25, -0.2) is 4.79 Å². The minimum atomic E-state index is -2.66. The van der Waals surface area contributed by atoms with Gasteiger partial charge in [-0.2, -0.15) is 0 Å². The molecule has 0 heterocycles. The second-order valence-corrected chi connectivity index (χ2v) is 8.64. The van der Waals surface area contributed by atoms with Crippen LogP contribution in [0.25, 0.3) is 10.8 Å². The molecule has 0 spiro atoms. The number of hydrogen-bond acceptors (Lipinski definition) is 5. The molecule has 0 aliphatic heterocycles. The predicted molar refractivity (Wildman–Crippen MR) is 108 cm³/mol. The van der Waals surface area contributed by atoms with E-state index in [1.54, 1.807) is 6.07 Å². The Kier molecular flexibility index (Phi) is 8.73. The fraction of sp³-hybridized carbons (Fsp3) is 0.450. The van der Waals surface area contributed by atoms with E-state index in [1.165, 1.54) is 0 Å². The first-order valence-corrected chi connectivity index (χ1v) is 11.4. The third-order valence-corrected chi connectivity index (χ3v) is 7.10. The Hall–Kier alpha value is -1.93. The first kappa shape index (κ1) is 21.4. The van der Waals surface area contributed by atoms with Crippen LogP contribution in [0.1, 0.15) is 27.2 Å². The van der Waals surface area contributed by atoms with Gasteiger partial charge >= 0.3 is 14.9 Å². The van der Waals surface area contributed by atoms with Crippen molar-refractivity contribution >= 4 is 25.7 Å². The van der Waals surface area contributed by atoms with Gasteiger partial charge < -0.3 is 23.3 Å². The molecule has 2 aromatic rings. The number of carbonyl (C=O) groups is 1. The Labute approximate surface area is 162 Å². The molecule has 0 atom stereocenters. The molecule has 1 N–H and O–H groups in total. The normalized spacial score (nSPS) is 11.5. The van der Waals surface area contributed by atoms with Gasteiger partial charge in [0.2, 0.25) is 0 Å². The van der Waals surface area contributed by atoms with Gasteiger partial charge in [-0.3, -0.25) is 0 Å². The molecule has 2 aromatic carbocycles. The molecule has 0 fully saturated rings. The summed E-state index contributed by atoms with van der Waals surface area (Å²) in [6.45, 7) is 7.89. The van der Waals surface area contributed by atoms with Gasteiger partial charge in [0.15, 0.2) is 0 Å². The Balaban J connectivity index is 1.81. The standard InChI is InChI=1S/C20H29NO5Si/c1-4-23-27(24-5-2,25-6-3)15-9-14-21-20(22)26-19-13-12-17-10-7-8-11-18(17)16-19/h7-8,10-13,16H,4-6,9,14-15H2,1-3H3,(H,21,22). The number of rotatable bonds is 11. The number of nitrogens with one attached hydrogen (secondary N) is 1. The highest BCUT2D eigenvalue weighted by molar-refractivity contribution is 6.60. The summed E-state index contributed by atoms with van der Waals surface area (Å²) < 4.78 is 22.8. The molecule has 2 rings (SSSR count). The first-order valence-electron chi connectivity index (χ1n) is 9.48. The highest BCUT2D eigenvalue weighted by Gasteiger charge is 2.39. The zero-order chi connectivity index (χ0) is 19.5. The van der Waals surface area contributed by atoms with E-state index in [-0.39, 0.29) is 0 Å². The van der Waals surface area contributed by atoms with E-state index in [0.29, 0.717) is 44.6 Å². The van der Waals surface area contributed by atoms with Crippen LogP contribution in [0.15, 0.2) is 42.5 Å². The molecule has 0 bridgehead atoms. The van der Waals surface area contributed by atoms with E-state index in [9.17, 15) is 4.79 Å². The average molecular weight is 392 g/mol. The van der Waals surface area contributed by atoms with Gasteiger partial charge in [-0.05, 0) is 50.1 Å². The van der Waals surface area contributed by atoms with Crippen LogP contribution >= 0.6 is 0 Å². The molecule has 0 unspecified atom stereocenters. The Bertz CT molecular complexity index is 707. The van der Waals surface area contributed by atoms with Crippen molar-refractivity contribution in [1.29, 1.82) is 0 Å². The molecular weight excluding hydrogens is 362 g/mol. The van der Waals surface area contributed by atoms with Crippen molar-refractivity contribution in [2.45, 2.75) is 33.2 Å². The SMILES string of the molecule is CCO[Si](CCCNC(=O)Oc1ccc2ccccc2c1)(OCC)OCC. The zero-order valence-electron chi connectivity index (χ0n) is 16.3. The zero-order valence-corrected chi connectivity index (χ0v) is 17.3. The topological polar surface area (TPSA) is 66.0 Å². The molecule has 0 radical (unpaired) electrons. The lowest BCUT2D eigenvalue weighted by molar-refractivity contribution is 0.0708. The maximum atomic E-state index is 12.0. The van der Waals surface area contributed by atoms with Gasteiger partial charge in [-0.15, -0.1) is 0 Å². The molecule has 6 nitrogen and oxygen atoms in total. The largest absolute Gasteiger partial charge is 0.500 e. The summed E-state index contributed by atoms with van der Waals surface area (Å²) in [5.74, 6) is 0.521. The summed E-state index contributed by atoms with van der Waals surface area (Å²) in [4.78, 5) is 12.0.